The first kappa shape index (κ1) is 10.6. The van der Waals surface area contributed by atoms with E-state index in [0.29, 0.717) is 18.0 Å². The molecule has 0 spiro atoms. The molecule has 92 valence electrons. The van der Waals surface area contributed by atoms with Crippen molar-refractivity contribution in [2.45, 2.75) is 19.0 Å². The largest absolute Gasteiger partial charge is 0.306 e. The van der Waals surface area contributed by atoms with Gasteiger partial charge in [0.2, 0.25) is 0 Å². The number of hydrogen-bond donors (Lipinski definition) is 1. The molecule has 4 rings (SSSR count). The highest BCUT2D eigenvalue weighted by Crippen LogP contribution is 2.57. The van der Waals surface area contributed by atoms with Gasteiger partial charge in [-0.15, -0.1) is 0 Å². The SMILES string of the molecule is C[C@@H](NC1C2C=CC3C1[C@@H]3C=C2)c1ccccc1. The lowest BCUT2D eigenvalue weighted by Gasteiger charge is -2.31. The van der Waals surface area contributed by atoms with Crippen molar-refractivity contribution in [3.8, 4) is 0 Å². The van der Waals surface area contributed by atoms with Crippen molar-refractivity contribution in [2.24, 2.45) is 23.7 Å². The molecule has 4 unspecified atom stereocenters. The maximum Gasteiger partial charge on any atom is 0.0294 e. The lowest BCUT2D eigenvalue weighted by molar-refractivity contribution is 0.344. The second kappa shape index (κ2) is 3.83. The van der Waals surface area contributed by atoms with Crippen molar-refractivity contribution < 1.29 is 0 Å². The summed E-state index contributed by atoms with van der Waals surface area (Å²) in [6, 6.07) is 11.9. The van der Waals surface area contributed by atoms with Crippen LogP contribution in [-0.2, 0) is 0 Å². The molecule has 18 heavy (non-hydrogen) atoms. The Morgan fingerprint density at radius 2 is 1.61 bits per heavy atom. The summed E-state index contributed by atoms with van der Waals surface area (Å²) in [6.07, 6.45) is 9.68. The van der Waals surface area contributed by atoms with Gasteiger partial charge in [-0.1, -0.05) is 54.6 Å². The third-order valence-corrected chi connectivity index (χ3v) is 4.87. The van der Waals surface area contributed by atoms with E-state index >= 15 is 0 Å². The Morgan fingerprint density at radius 1 is 0.944 bits per heavy atom. The van der Waals surface area contributed by atoms with E-state index in [1.165, 1.54) is 5.56 Å². The molecule has 0 amide bonds. The van der Waals surface area contributed by atoms with E-state index in [-0.39, 0.29) is 0 Å². The van der Waals surface area contributed by atoms with E-state index in [2.05, 4.69) is 66.9 Å². The van der Waals surface area contributed by atoms with Gasteiger partial charge in [-0.25, -0.2) is 0 Å². The van der Waals surface area contributed by atoms with E-state index in [1.807, 2.05) is 0 Å². The van der Waals surface area contributed by atoms with Crippen LogP contribution in [0.4, 0.5) is 0 Å². The predicted molar refractivity (Wildman–Crippen MR) is 74.0 cm³/mol. The summed E-state index contributed by atoms with van der Waals surface area (Å²) >= 11 is 0. The minimum atomic E-state index is 0.443. The van der Waals surface area contributed by atoms with Gasteiger partial charge in [0.25, 0.3) is 0 Å². The van der Waals surface area contributed by atoms with Crippen molar-refractivity contribution in [3.63, 3.8) is 0 Å². The summed E-state index contributed by atoms with van der Waals surface area (Å²) in [5.41, 5.74) is 1.39. The smallest absolute Gasteiger partial charge is 0.0294 e. The van der Waals surface area contributed by atoms with E-state index in [4.69, 9.17) is 0 Å². The number of nitrogens with one attached hydrogen (secondary N) is 1. The van der Waals surface area contributed by atoms with Gasteiger partial charge < -0.3 is 5.32 Å². The summed E-state index contributed by atoms with van der Waals surface area (Å²) in [6.45, 7) is 2.28. The normalized spacial score (nSPS) is 40.6. The van der Waals surface area contributed by atoms with Gasteiger partial charge in [-0.05, 0) is 30.2 Å². The van der Waals surface area contributed by atoms with E-state index < -0.39 is 0 Å². The Hall–Kier alpha value is -1.34. The second-order valence-corrected chi connectivity index (χ2v) is 5.90. The zero-order valence-corrected chi connectivity index (χ0v) is 10.7. The predicted octanol–water partition coefficient (Wildman–Crippen LogP) is 3.32. The molecule has 1 fully saturated rings. The van der Waals surface area contributed by atoms with Crippen molar-refractivity contribution in [1.29, 1.82) is 0 Å². The lowest BCUT2D eigenvalue weighted by Crippen LogP contribution is -2.41. The Kier molecular flexibility index (Phi) is 2.25. The lowest BCUT2D eigenvalue weighted by atomic mass is 9.86. The highest BCUT2D eigenvalue weighted by Gasteiger charge is 2.56. The van der Waals surface area contributed by atoms with Crippen LogP contribution < -0.4 is 5.32 Å². The molecule has 0 aliphatic heterocycles. The Bertz CT molecular complexity index is 482. The van der Waals surface area contributed by atoms with Crippen molar-refractivity contribution in [2.75, 3.05) is 0 Å². The molecular formula is C17H19N. The van der Waals surface area contributed by atoms with Crippen LogP contribution in [0.15, 0.2) is 54.6 Å². The molecule has 0 radical (unpaired) electrons. The van der Waals surface area contributed by atoms with Crippen molar-refractivity contribution in [3.05, 3.63) is 60.2 Å². The molecule has 1 heteroatoms. The number of allylic oxidation sites excluding steroid dienone is 2. The molecule has 6 atom stereocenters. The molecule has 3 aliphatic carbocycles. The summed E-state index contributed by atoms with van der Waals surface area (Å²) in [5, 5.41) is 3.86. The van der Waals surface area contributed by atoms with E-state index in [9.17, 15) is 0 Å². The van der Waals surface area contributed by atoms with Crippen LogP contribution in [0.25, 0.3) is 0 Å². The standard InChI is InChI=1S/C17H19N/c1-11(12-5-3-2-4-6-12)18-17-13-7-9-14-15(10-8-13)16(14)17/h2-11,13-18H,1H3/t11-,13?,14-,15?,16?,17?/m1/s1. The van der Waals surface area contributed by atoms with Gasteiger partial charge in [-0.2, -0.15) is 0 Å². The Balaban J connectivity index is 1.53. The fraction of sp³-hybridized carbons (Fsp3) is 0.412. The van der Waals surface area contributed by atoms with Crippen molar-refractivity contribution in [1.82, 2.24) is 5.32 Å². The first-order valence-corrected chi connectivity index (χ1v) is 7.02. The number of hydrogen-bond acceptors (Lipinski definition) is 1. The highest BCUT2D eigenvalue weighted by atomic mass is 15.0. The molecular weight excluding hydrogens is 218 g/mol. The van der Waals surface area contributed by atoms with Crippen LogP contribution in [-0.4, -0.2) is 6.04 Å². The summed E-state index contributed by atoms with van der Waals surface area (Å²) in [4.78, 5) is 0. The molecule has 2 bridgehead atoms. The fourth-order valence-corrected chi connectivity index (χ4v) is 3.80. The van der Waals surface area contributed by atoms with Crippen LogP contribution >= 0.6 is 0 Å². The minimum Gasteiger partial charge on any atom is -0.306 e. The number of fused-ring (bicyclic) bond motifs is 2. The Labute approximate surface area is 109 Å². The third-order valence-electron chi connectivity index (χ3n) is 4.87. The van der Waals surface area contributed by atoms with Crippen LogP contribution in [0.5, 0.6) is 0 Å². The fourth-order valence-electron chi connectivity index (χ4n) is 3.80. The summed E-state index contributed by atoms with van der Waals surface area (Å²) in [7, 11) is 0. The van der Waals surface area contributed by atoms with Gasteiger partial charge in [0, 0.05) is 18.0 Å². The molecule has 1 aromatic carbocycles. The average Bonchev–Trinajstić information content (AvgIpc) is 3.16. The summed E-state index contributed by atoms with van der Waals surface area (Å²) < 4.78 is 0. The number of rotatable bonds is 3. The van der Waals surface area contributed by atoms with E-state index in [1.54, 1.807) is 0 Å². The number of benzene rings is 1. The molecule has 1 N–H and O–H groups in total. The van der Waals surface area contributed by atoms with Gasteiger partial charge in [0.05, 0.1) is 0 Å². The molecule has 0 aromatic heterocycles. The zero-order chi connectivity index (χ0) is 12.1. The van der Waals surface area contributed by atoms with Crippen LogP contribution in [0.2, 0.25) is 0 Å². The molecule has 1 aromatic rings. The third kappa shape index (κ3) is 1.50. The average molecular weight is 237 g/mol. The van der Waals surface area contributed by atoms with Crippen LogP contribution in [0, 0.1) is 23.7 Å². The molecule has 1 nitrogen and oxygen atoms in total. The molecule has 3 aliphatic rings. The monoisotopic (exact) mass is 237 g/mol. The van der Waals surface area contributed by atoms with Gasteiger partial charge in [-0.3, -0.25) is 0 Å². The zero-order valence-electron chi connectivity index (χ0n) is 10.7. The van der Waals surface area contributed by atoms with Crippen LogP contribution in [0.3, 0.4) is 0 Å². The first-order valence-electron chi connectivity index (χ1n) is 7.02. The molecule has 0 saturated heterocycles. The highest BCUT2D eigenvalue weighted by molar-refractivity contribution is 5.32. The minimum absolute atomic E-state index is 0.443. The quantitative estimate of drug-likeness (QED) is 0.795. The topological polar surface area (TPSA) is 12.0 Å². The maximum absolute atomic E-state index is 3.86. The molecule has 0 heterocycles. The van der Waals surface area contributed by atoms with Gasteiger partial charge in [0.1, 0.15) is 0 Å². The Morgan fingerprint density at radius 3 is 2.28 bits per heavy atom. The van der Waals surface area contributed by atoms with Gasteiger partial charge >= 0.3 is 0 Å². The van der Waals surface area contributed by atoms with E-state index in [0.717, 1.165) is 17.8 Å². The maximum atomic E-state index is 3.86. The van der Waals surface area contributed by atoms with Crippen LogP contribution in [0.1, 0.15) is 18.5 Å². The van der Waals surface area contributed by atoms with Crippen molar-refractivity contribution >= 4 is 0 Å². The second-order valence-electron chi connectivity index (χ2n) is 5.90. The first-order chi connectivity index (χ1) is 8.84. The summed E-state index contributed by atoms with van der Waals surface area (Å²) in [5.74, 6) is 3.10. The molecule has 1 saturated carbocycles. The van der Waals surface area contributed by atoms with Gasteiger partial charge in [0.15, 0.2) is 0 Å².